The molecule has 0 amide bonds. The minimum Gasteiger partial charge on any atom is -0.493 e. The molecule has 1 aromatic heterocycles. The maximum absolute atomic E-state index is 10.9. The average Bonchev–Trinajstić information content (AvgIpc) is 2.72. The van der Waals surface area contributed by atoms with Gasteiger partial charge in [-0.25, -0.2) is 14.8 Å². The standard InChI is InChI=1S/C20H20N4O4/c1-27-16-8-3-13(9-17(16)28-2)11-21-18-10-19(23-12-22-18)24-15-6-4-14(5-7-15)20(25)26/h3-10,12H,11H2,1-2H3,(H,25,26)(H2,21,22,23,24). The highest BCUT2D eigenvalue weighted by Crippen LogP contribution is 2.27. The Hall–Kier alpha value is -3.81. The second kappa shape index (κ2) is 8.72. The molecule has 28 heavy (non-hydrogen) atoms. The Morgan fingerprint density at radius 1 is 0.964 bits per heavy atom. The fourth-order valence-corrected chi connectivity index (χ4v) is 2.55. The van der Waals surface area contributed by atoms with Crippen LogP contribution in [-0.2, 0) is 6.54 Å². The molecule has 3 aromatic rings. The number of hydrogen-bond acceptors (Lipinski definition) is 7. The largest absolute Gasteiger partial charge is 0.493 e. The number of anilines is 3. The summed E-state index contributed by atoms with van der Waals surface area (Å²) < 4.78 is 10.6. The molecule has 0 unspecified atom stereocenters. The third-order valence-corrected chi connectivity index (χ3v) is 3.99. The zero-order valence-electron chi connectivity index (χ0n) is 15.5. The fourth-order valence-electron chi connectivity index (χ4n) is 2.55. The van der Waals surface area contributed by atoms with Gasteiger partial charge in [-0.05, 0) is 42.0 Å². The second-order valence-electron chi connectivity index (χ2n) is 5.84. The Balaban J connectivity index is 1.65. The number of carboxylic acids is 1. The van der Waals surface area contributed by atoms with Gasteiger partial charge in [0, 0.05) is 18.3 Å². The van der Waals surface area contributed by atoms with Crippen LogP contribution in [0.15, 0.2) is 54.9 Å². The van der Waals surface area contributed by atoms with Crippen LogP contribution in [0.5, 0.6) is 11.5 Å². The van der Waals surface area contributed by atoms with Crippen LogP contribution in [0.4, 0.5) is 17.3 Å². The van der Waals surface area contributed by atoms with Crippen molar-refractivity contribution in [2.24, 2.45) is 0 Å². The summed E-state index contributed by atoms with van der Waals surface area (Å²) in [5.41, 5.74) is 1.97. The molecule has 3 rings (SSSR count). The molecule has 8 nitrogen and oxygen atoms in total. The van der Waals surface area contributed by atoms with Crippen molar-refractivity contribution >= 4 is 23.3 Å². The minimum atomic E-state index is -0.963. The number of nitrogens with one attached hydrogen (secondary N) is 2. The highest BCUT2D eigenvalue weighted by molar-refractivity contribution is 5.88. The molecule has 3 N–H and O–H groups in total. The number of ether oxygens (including phenoxy) is 2. The molecule has 8 heteroatoms. The predicted molar refractivity (Wildman–Crippen MR) is 106 cm³/mol. The summed E-state index contributed by atoms with van der Waals surface area (Å²) in [6.45, 7) is 0.546. The monoisotopic (exact) mass is 380 g/mol. The van der Waals surface area contributed by atoms with Gasteiger partial charge in [0.2, 0.25) is 0 Å². The second-order valence-corrected chi connectivity index (χ2v) is 5.84. The molecular weight excluding hydrogens is 360 g/mol. The Morgan fingerprint density at radius 2 is 1.68 bits per heavy atom. The average molecular weight is 380 g/mol. The van der Waals surface area contributed by atoms with Crippen molar-refractivity contribution in [2.45, 2.75) is 6.54 Å². The number of methoxy groups -OCH3 is 2. The SMILES string of the molecule is COc1ccc(CNc2cc(Nc3ccc(C(=O)O)cc3)ncn2)cc1OC. The van der Waals surface area contributed by atoms with E-state index in [4.69, 9.17) is 14.6 Å². The van der Waals surface area contributed by atoms with Gasteiger partial charge in [-0.15, -0.1) is 0 Å². The van der Waals surface area contributed by atoms with Gasteiger partial charge in [-0.1, -0.05) is 6.07 Å². The van der Waals surface area contributed by atoms with Crippen LogP contribution in [0.25, 0.3) is 0 Å². The van der Waals surface area contributed by atoms with Crippen LogP contribution in [0.1, 0.15) is 15.9 Å². The van der Waals surface area contributed by atoms with Crippen molar-refractivity contribution in [1.82, 2.24) is 9.97 Å². The first-order valence-corrected chi connectivity index (χ1v) is 8.46. The molecular formula is C20H20N4O4. The van der Waals surface area contributed by atoms with E-state index in [-0.39, 0.29) is 5.56 Å². The molecule has 0 atom stereocenters. The highest BCUT2D eigenvalue weighted by atomic mass is 16.5. The number of hydrogen-bond donors (Lipinski definition) is 3. The first-order chi connectivity index (χ1) is 13.6. The number of benzene rings is 2. The van der Waals surface area contributed by atoms with Gasteiger partial charge in [0.1, 0.15) is 18.0 Å². The lowest BCUT2D eigenvalue weighted by Gasteiger charge is -2.11. The number of carboxylic acid groups (broad SMARTS) is 1. The smallest absolute Gasteiger partial charge is 0.335 e. The molecule has 0 aliphatic rings. The van der Waals surface area contributed by atoms with Crippen LogP contribution in [-0.4, -0.2) is 35.3 Å². The Kier molecular flexibility index (Phi) is 5.91. The zero-order chi connectivity index (χ0) is 19.9. The molecule has 0 saturated carbocycles. The maximum Gasteiger partial charge on any atom is 0.335 e. The summed E-state index contributed by atoms with van der Waals surface area (Å²) in [6, 6.07) is 13.9. The van der Waals surface area contributed by atoms with Crippen molar-refractivity contribution in [3.8, 4) is 11.5 Å². The van der Waals surface area contributed by atoms with Crippen LogP contribution < -0.4 is 20.1 Å². The van der Waals surface area contributed by atoms with E-state index in [9.17, 15) is 4.79 Å². The van der Waals surface area contributed by atoms with Crippen LogP contribution in [0.2, 0.25) is 0 Å². The number of aromatic nitrogens is 2. The van der Waals surface area contributed by atoms with Gasteiger partial charge >= 0.3 is 5.97 Å². The minimum absolute atomic E-state index is 0.227. The molecule has 0 radical (unpaired) electrons. The lowest BCUT2D eigenvalue weighted by atomic mass is 10.2. The van der Waals surface area contributed by atoms with E-state index in [2.05, 4.69) is 20.6 Å². The molecule has 1 heterocycles. The van der Waals surface area contributed by atoms with Crippen molar-refractivity contribution in [1.29, 1.82) is 0 Å². The van der Waals surface area contributed by atoms with Crippen molar-refractivity contribution in [3.63, 3.8) is 0 Å². The molecule has 0 aliphatic heterocycles. The quantitative estimate of drug-likeness (QED) is 0.545. The third-order valence-electron chi connectivity index (χ3n) is 3.99. The van der Waals surface area contributed by atoms with Gasteiger partial charge in [-0.2, -0.15) is 0 Å². The normalized spacial score (nSPS) is 10.2. The van der Waals surface area contributed by atoms with Gasteiger partial charge in [-0.3, -0.25) is 0 Å². The van der Waals surface area contributed by atoms with Gasteiger partial charge in [0.25, 0.3) is 0 Å². The zero-order valence-corrected chi connectivity index (χ0v) is 15.5. The summed E-state index contributed by atoms with van der Waals surface area (Å²) in [5.74, 6) is 1.61. The van der Waals surface area contributed by atoms with Crippen LogP contribution in [0.3, 0.4) is 0 Å². The lowest BCUT2D eigenvalue weighted by molar-refractivity contribution is 0.0697. The summed E-state index contributed by atoms with van der Waals surface area (Å²) in [4.78, 5) is 19.3. The summed E-state index contributed by atoms with van der Waals surface area (Å²) >= 11 is 0. The molecule has 144 valence electrons. The fraction of sp³-hybridized carbons (Fsp3) is 0.150. The summed E-state index contributed by atoms with van der Waals surface area (Å²) in [5, 5.41) is 15.3. The van der Waals surface area contributed by atoms with E-state index in [0.717, 1.165) is 11.3 Å². The molecule has 0 fully saturated rings. The van der Waals surface area contributed by atoms with Crippen molar-refractivity contribution < 1.29 is 19.4 Å². The lowest BCUT2D eigenvalue weighted by Crippen LogP contribution is -2.04. The van der Waals surface area contributed by atoms with E-state index in [1.54, 1.807) is 32.4 Å². The van der Waals surface area contributed by atoms with Crippen LogP contribution >= 0.6 is 0 Å². The van der Waals surface area contributed by atoms with E-state index >= 15 is 0 Å². The first kappa shape index (κ1) is 19.0. The van der Waals surface area contributed by atoms with E-state index in [1.807, 2.05) is 18.2 Å². The number of nitrogens with zero attached hydrogens (tertiary/aromatic N) is 2. The Morgan fingerprint density at radius 3 is 2.36 bits per heavy atom. The van der Waals surface area contributed by atoms with Crippen LogP contribution in [0, 0.1) is 0 Å². The van der Waals surface area contributed by atoms with Gasteiger partial charge in [0.05, 0.1) is 19.8 Å². The van der Waals surface area contributed by atoms with Crippen molar-refractivity contribution in [2.75, 3.05) is 24.9 Å². The molecule has 0 bridgehead atoms. The predicted octanol–water partition coefficient (Wildman–Crippen LogP) is 3.55. The molecule has 0 spiro atoms. The van der Waals surface area contributed by atoms with E-state index in [0.29, 0.717) is 29.7 Å². The molecule has 2 aromatic carbocycles. The highest BCUT2D eigenvalue weighted by Gasteiger charge is 2.06. The van der Waals surface area contributed by atoms with Crippen molar-refractivity contribution in [3.05, 3.63) is 66.0 Å². The summed E-state index contributed by atoms with van der Waals surface area (Å²) in [6.07, 6.45) is 1.45. The first-order valence-electron chi connectivity index (χ1n) is 8.46. The third kappa shape index (κ3) is 4.67. The topological polar surface area (TPSA) is 106 Å². The maximum atomic E-state index is 10.9. The van der Waals surface area contributed by atoms with Gasteiger partial charge in [0.15, 0.2) is 11.5 Å². The number of aromatic carboxylic acids is 1. The van der Waals surface area contributed by atoms with Gasteiger partial charge < -0.3 is 25.2 Å². The Bertz CT molecular complexity index is 961. The molecule has 0 aliphatic carbocycles. The van der Waals surface area contributed by atoms with E-state index < -0.39 is 5.97 Å². The summed E-state index contributed by atoms with van der Waals surface area (Å²) in [7, 11) is 3.20. The number of rotatable bonds is 8. The number of carbonyl (C=O) groups is 1. The van der Waals surface area contributed by atoms with E-state index in [1.165, 1.54) is 18.5 Å². The Labute approximate surface area is 162 Å². The molecule has 0 saturated heterocycles.